The Balaban J connectivity index is 1.66. The van der Waals surface area contributed by atoms with Crippen LogP contribution in [0.4, 0.5) is 5.69 Å². The maximum atomic E-state index is 11.5. The van der Waals surface area contributed by atoms with Gasteiger partial charge in [0.2, 0.25) is 5.91 Å². The number of rotatable bonds is 2. The summed E-state index contributed by atoms with van der Waals surface area (Å²) in [6, 6.07) is 8.38. The quantitative estimate of drug-likeness (QED) is 0.844. The largest absolute Gasteiger partial charge is 0.367 e. The molecule has 2 aliphatic heterocycles. The SMILES string of the molecule is CC(=O)N1CCC12CN(c1ccc(CN)cc1)C2. The normalized spacial score (nSPS) is 20.6. The molecule has 2 fully saturated rings. The van der Waals surface area contributed by atoms with Crippen molar-refractivity contribution in [2.24, 2.45) is 5.73 Å². The molecule has 1 aromatic rings. The number of hydrogen-bond acceptors (Lipinski definition) is 3. The standard InChI is InChI=1S/C14H19N3O/c1-11(18)17-7-6-14(17)9-16(10-14)13-4-2-12(8-15)3-5-13/h2-5H,6-10,15H2,1H3. The fourth-order valence-electron chi connectivity index (χ4n) is 3.05. The van der Waals surface area contributed by atoms with Crippen LogP contribution in [-0.4, -0.2) is 36.0 Å². The zero-order valence-electron chi connectivity index (χ0n) is 10.7. The third-order valence-electron chi connectivity index (χ3n) is 4.26. The second-order valence-corrected chi connectivity index (χ2v) is 5.37. The van der Waals surface area contributed by atoms with Crippen LogP contribution < -0.4 is 10.6 Å². The zero-order valence-corrected chi connectivity index (χ0v) is 10.7. The minimum Gasteiger partial charge on any atom is -0.367 e. The van der Waals surface area contributed by atoms with Crippen LogP contribution in [0.5, 0.6) is 0 Å². The van der Waals surface area contributed by atoms with E-state index in [0.29, 0.717) is 6.54 Å². The van der Waals surface area contributed by atoms with Gasteiger partial charge in [-0.25, -0.2) is 0 Å². The van der Waals surface area contributed by atoms with Crippen LogP contribution in [-0.2, 0) is 11.3 Å². The molecule has 2 aliphatic rings. The average molecular weight is 245 g/mol. The first-order chi connectivity index (χ1) is 8.64. The number of hydrogen-bond donors (Lipinski definition) is 1. The van der Waals surface area contributed by atoms with Crippen LogP contribution in [0.1, 0.15) is 18.9 Å². The number of anilines is 1. The number of carbonyl (C=O) groups is 1. The molecule has 0 radical (unpaired) electrons. The van der Waals surface area contributed by atoms with Crippen molar-refractivity contribution in [3.8, 4) is 0 Å². The molecule has 18 heavy (non-hydrogen) atoms. The first-order valence-corrected chi connectivity index (χ1v) is 6.47. The van der Waals surface area contributed by atoms with E-state index in [1.807, 2.05) is 4.90 Å². The van der Waals surface area contributed by atoms with Gasteiger partial charge in [-0.15, -0.1) is 0 Å². The predicted molar refractivity (Wildman–Crippen MR) is 71.3 cm³/mol. The molecule has 0 unspecified atom stereocenters. The first kappa shape index (κ1) is 11.5. The average Bonchev–Trinajstić information content (AvgIpc) is 2.26. The molecular weight excluding hydrogens is 226 g/mol. The Morgan fingerprint density at radius 1 is 1.33 bits per heavy atom. The molecule has 2 heterocycles. The van der Waals surface area contributed by atoms with Crippen molar-refractivity contribution in [1.82, 2.24) is 4.90 Å². The summed E-state index contributed by atoms with van der Waals surface area (Å²) in [7, 11) is 0. The lowest BCUT2D eigenvalue weighted by Gasteiger charge is -2.63. The first-order valence-electron chi connectivity index (χ1n) is 6.47. The van der Waals surface area contributed by atoms with Crippen molar-refractivity contribution in [3.05, 3.63) is 29.8 Å². The van der Waals surface area contributed by atoms with Gasteiger partial charge in [-0.1, -0.05) is 12.1 Å². The van der Waals surface area contributed by atoms with Gasteiger partial charge in [0.05, 0.1) is 5.54 Å². The van der Waals surface area contributed by atoms with Crippen LogP contribution in [0.15, 0.2) is 24.3 Å². The number of likely N-dealkylation sites (tertiary alicyclic amines) is 1. The van der Waals surface area contributed by atoms with Gasteiger partial charge in [-0.3, -0.25) is 4.79 Å². The lowest BCUT2D eigenvalue weighted by atomic mass is 9.77. The minimum absolute atomic E-state index is 0.137. The molecule has 0 bridgehead atoms. The Morgan fingerprint density at radius 2 is 2.00 bits per heavy atom. The van der Waals surface area contributed by atoms with E-state index in [4.69, 9.17) is 5.73 Å². The summed E-state index contributed by atoms with van der Waals surface area (Å²) >= 11 is 0. The fraction of sp³-hybridized carbons (Fsp3) is 0.500. The second-order valence-electron chi connectivity index (χ2n) is 5.37. The highest BCUT2D eigenvalue weighted by atomic mass is 16.2. The summed E-state index contributed by atoms with van der Waals surface area (Å²) in [5.74, 6) is 0.208. The van der Waals surface area contributed by atoms with Crippen LogP contribution in [0.25, 0.3) is 0 Å². The van der Waals surface area contributed by atoms with Gasteiger partial charge in [0.15, 0.2) is 0 Å². The summed E-state index contributed by atoms with van der Waals surface area (Å²) < 4.78 is 0. The number of carbonyl (C=O) groups excluding carboxylic acids is 1. The number of amides is 1. The van der Waals surface area contributed by atoms with E-state index in [2.05, 4.69) is 29.2 Å². The van der Waals surface area contributed by atoms with Crippen molar-refractivity contribution < 1.29 is 4.79 Å². The highest BCUT2D eigenvalue weighted by Gasteiger charge is 2.54. The minimum atomic E-state index is 0.137. The van der Waals surface area contributed by atoms with E-state index in [1.165, 1.54) is 5.69 Å². The van der Waals surface area contributed by atoms with E-state index in [-0.39, 0.29) is 11.4 Å². The molecule has 2 saturated heterocycles. The second kappa shape index (κ2) is 3.99. The van der Waals surface area contributed by atoms with Gasteiger partial charge >= 0.3 is 0 Å². The summed E-state index contributed by atoms with van der Waals surface area (Å²) in [6.45, 7) is 5.11. The monoisotopic (exact) mass is 245 g/mol. The highest BCUT2D eigenvalue weighted by Crippen LogP contribution is 2.41. The van der Waals surface area contributed by atoms with Crippen molar-refractivity contribution in [2.75, 3.05) is 24.5 Å². The lowest BCUT2D eigenvalue weighted by Crippen LogP contribution is -2.77. The van der Waals surface area contributed by atoms with E-state index in [0.717, 1.165) is 31.6 Å². The summed E-state index contributed by atoms with van der Waals surface area (Å²) in [5.41, 5.74) is 8.11. The summed E-state index contributed by atoms with van der Waals surface area (Å²) in [5, 5.41) is 0. The highest BCUT2D eigenvalue weighted by molar-refractivity contribution is 5.76. The van der Waals surface area contributed by atoms with Crippen LogP contribution in [0.2, 0.25) is 0 Å². The Kier molecular flexibility index (Phi) is 2.55. The van der Waals surface area contributed by atoms with E-state index >= 15 is 0 Å². The van der Waals surface area contributed by atoms with Crippen LogP contribution in [0, 0.1) is 0 Å². The van der Waals surface area contributed by atoms with Gasteiger partial charge < -0.3 is 15.5 Å². The molecule has 1 aromatic carbocycles. The van der Waals surface area contributed by atoms with Crippen molar-refractivity contribution in [1.29, 1.82) is 0 Å². The molecule has 96 valence electrons. The molecule has 4 heteroatoms. The molecule has 4 nitrogen and oxygen atoms in total. The third-order valence-corrected chi connectivity index (χ3v) is 4.26. The van der Waals surface area contributed by atoms with Gasteiger partial charge in [0.1, 0.15) is 0 Å². The van der Waals surface area contributed by atoms with Gasteiger partial charge in [-0.2, -0.15) is 0 Å². The van der Waals surface area contributed by atoms with Gasteiger partial charge in [0.25, 0.3) is 0 Å². The van der Waals surface area contributed by atoms with E-state index in [9.17, 15) is 4.79 Å². The Bertz CT molecular complexity index is 462. The summed E-state index contributed by atoms with van der Waals surface area (Å²) in [6.07, 6.45) is 1.14. The maximum Gasteiger partial charge on any atom is 0.220 e. The molecule has 3 rings (SSSR count). The molecule has 0 atom stereocenters. The predicted octanol–water partition coefficient (Wildman–Crippen LogP) is 0.956. The number of nitrogens with two attached hydrogens (primary N) is 1. The molecule has 1 spiro atoms. The van der Waals surface area contributed by atoms with E-state index in [1.54, 1.807) is 6.92 Å². The Labute approximate surface area is 107 Å². The Morgan fingerprint density at radius 3 is 2.44 bits per heavy atom. The molecular formula is C14H19N3O. The molecule has 0 aromatic heterocycles. The topological polar surface area (TPSA) is 49.6 Å². The van der Waals surface area contributed by atoms with Crippen molar-refractivity contribution >= 4 is 11.6 Å². The molecule has 1 amide bonds. The van der Waals surface area contributed by atoms with E-state index < -0.39 is 0 Å². The summed E-state index contributed by atoms with van der Waals surface area (Å²) in [4.78, 5) is 15.8. The van der Waals surface area contributed by atoms with Crippen LogP contribution in [0.3, 0.4) is 0 Å². The number of benzene rings is 1. The van der Waals surface area contributed by atoms with Gasteiger partial charge in [0, 0.05) is 38.8 Å². The smallest absolute Gasteiger partial charge is 0.220 e. The zero-order chi connectivity index (χ0) is 12.8. The Hall–Kier alpha value is -1.55. The lowest BCUT2D eigenvalue weighted by molar-refractivity contribution is -0.147. The molecule has 2 N–H and O–H groups in total. The van der Waals surface area contributed by atoms with Crippen LogP contribution >= 0.6 is 0 Å². The van der Waals surface area contributed by atoms with Crippen molar-refractivity contribution in [2.45, 2.75) is 25.4 Å². The molecule has 0 aliphatic carbocycles. The van der Waals surface area contributed by atoms with Crippen molar-refractivity contribution in [3.63, 3.8) is 0 Å². The fourth-order valence-corrected chi connectivity index (χ4v) is 3.05. The number of nitrogens with zero attached hydrogens (tertiary/aromatic N) is 2. The third kappa shape index (κ3) is 1.60. The molecule has 0 saturated carbocycles. The van der Waals surface area contributed by atoms with Gasteiger partial charge in [-0.05, 0) is 24.1 Å². The maximum absolute atomic E-state index is 11.5.